The molecule has 0 spiro atoms. The third kappa shape index (κ3) is 3.85. The number of hydrogen-bond donors (Lipinski definition) is 2. The van der Waals surface area contributed by atoms with Gasteiger partial charge in [-0.25, -0.2) is 4.68 Å². The van der Waals surface area contributed by atoms with E-state index in [9.17, 15) is 4.79 Å². The molecule has 0 aliphatic carbocycles. The Kier molecular flexibility index (Phi) is 4.99. The number of rotatable bonds is 6. The number of nitrogens with one attached hydrogen (secondary N) is 1. The van der Waals surface area contributed by atoms with Gasteiger partial charge in [-0.15, -0.1) is 5.10 Å². The van der Waals surface area contributed by atoms with Gasteiger partial charge in [-0.1, -0.05) is 30.3 Å². The summed E-state index contributed by atoms with van der Waals surface area (Å²) >= 11 is 0. The van der Waals surface area contributed by atoms with Crippen LogP contribution in [0, 0.1) is 6.92 Å². The Balaban J connectivity index is 2.22. The van der Waals surface area contributed by atoms with Crippen LogP contribution in [-0.2, 0) is 11.2 Å². The predicted molar refractivity (Wildman–Crippen MR) is 76.4 cm³/mol. The van der Waals surface area contributed by atoms with Gasteiger partial charge in [0, 0.05) is 12.5 Å². The molecule has 2 unspecified atom stereocenters. The molecule has 0 radical (unpaired) electrons. The maximum Gasteiger partial charge on any atom is 0.245 e. The molecule has 1 heterocycles. The van der Waals surface area contributed by atoms with Gasteiger partial charge in [-0.05, 0) is 29.8 Å². The first-order valence-corrected chi connectivity index (χ1v) is 6.81. The zero-order chi connectivity index (χ0) is 15.2. The van der Waals surface area contributed by atoms with E-state index >= 15 is 0 Å². The summed E-state index contributed by atoms with van der Waals surface area (Å²) in [6, 6.07) is 8.82. The van der Waals surface area contributed by atoms with Crippen molar-refractivity contribution < 1.29 is 9.90 Å². The third-order valence-electron chi connectivity index (χ3n) is 3.19. The van der Waals surface area contributed by atoms with Crippen LogP contribution in [0.5, 0.6) is 0 Å². The Morgan fingerprint density at radius 1 is 1.38 bits per heavy atom. The highest BCUT2D eigenvalue weighted by Crippen LogP contribution is 2.15. The third-order valence-corrected chi connectivity index (χ3v) is 3.19. The van der Waals surface area contributed by atoms with E-state index in [0.717, 1.165) is 5.56 Å². The van der Waals surface area contributed by atoms with Crippen LogP contribution in [0.25, 0.3) is 0 Å². The van der Waals surface area contributed by atoms with E-state index in [-0.39, 0.29) is 18.6 Å². The standard InChI is InChI=1S/C14H19N5O2/c1-10(9-20)15-14(21)13(19-11(2)16-17-18-19)8-12-6-4-3-5-7-12/h3-7,10,13,20H,8-9H2,1-2H3,(H,15,21). The van der Waals surface area contributed by atoms with E-state index in [1.165, 1.54) is 4.68 Å². The summed E-state index contributed by atoms with van der Waals surface area (Å²) in [5.41, 5.74) is 1.02. The minimum absolute atomic E-state index is 0.113. The van der Waals surface area contributed by atoms with Crippen molar-refractivity contribution in [2.45, 2.75) is 32.4 Å². The second-order valence-electron chi connectivity index (χ2n) is 4.97. The predicted octanol–water partition coefficient (Wildman–Crippen LogP) is 0.262. The largest absolute Gasteiger partial charge is 0.394 e. The van der Waals surface area contributed by atoms with Crippen LogP contribution in [0.2, 0.25) is 0 Å². The number of amides is 1. The molecule has 0 bridgehead atoms. The fourth-order valence-corrected chi connectivity index (χ4v) is 2.04. The van der Waals surface area contributed by atoms with Gasteiger partial charge in [0.1, 0.15) is 11.9 Å². The lowest BCUT2D eigenvalue weighted by Gasteiger charge is -2.19. The summed E-state index contributed by atoms with van der Waals surface area (Å²) in [6.45, 7) is 3.38. The average molecular weight is 289 g/mol. The highest BCUT2D eigenvalue weighted by Gasteiger charge is 2.25. The number of hydrogen-bond acceptors (Lipinski definition) is 5. The summed E-state index contributed by atoms with van der Waals surface area (Å²) in [5.74, 6) is 0.360. The maximum absolute atomic E-state index is 12.4. The zero-order valence-corrected chi connectivity index (χ0v) is 12.1. The SMILES string of the molecule is Cc1nnnn1C(Cc1ccccc1)C(=O)NC(C)CO. The normalized spacial score (nSPS) is 13.7. The number of aliphatic hydroxyl groups excluding tert-OH is 1. The number of aliphatic hydroxyl groups is 1. The van der Waals surface area contributed by atoms with Crippen molar-refractivity contribution in [1.29, 1.82) is 0 Å². The summed E-state index contributed by atoms with van der Waals surface area (Å²) in [7, 11) is 0. The van der Waals surface area contributed by atoms with Crippen molar-refractivity contribution in [3.63, 3.8) is 0 Å². The number of carbonyl (C=O) groups excluding carboxylic acids is 1. The number of aryl methyl sites for hydroxylation is 1. The minimum atomic E-state index is -0.545. The average Bonchev–Trinajstić information content (AvgIpc) is 2.91. The van der Waals surface area contributed by atoms with Crippen molar-refractivity contribution in [3.8, 4) is 0 Å². The van der Waals surface area contributed by atoms with Crippen LogP contribution >= 0.6 is 0 Å². The van der Waals surface area contributed by atoms with E-state index in [1.54, 1.807) is 13.8 Å². The number of aromatic nitrogens is 4. The van der Waals surface area contributed by atoms with Crippen molar-refractivity contribution >= 4 is 5.91 Å². The first-order chi connectivity index (χ1) is 10.1. The first-order valence-electron chi connectivity index (χ1n) is 6.81. The van der Waals surface area contributed by atoms with Gasteiger partial charge in [-0.2, -0.15) is 0 Å². The highest BCUT2D eigenvalue weighted by atomic mass is 16.3. The Hall–Kier alpha value is -2.28. The van der Waals surface area contributed by atoms with Crippen LogP contribution in [0.4, 0.5) is 0 Å². The lowest BCUT2D eigenvalue weighted by atomic mass is 10.0. The van der Waals surface area contributed by atoms with E-state index in [4.69, 9.17) is 5.11 Å². The molecule has 2 aromatic rings. The van der Waals surface area contributed by atoms with Gasteiger partial charge in [0.25, 0.3) is 0 Å². The van der Waals surface area contributed by atoms with E-state index < -0.39 is 6.04 Å². The molecule has 7 nitrogen and oxygen atoms in total. The lowest BCUT2D eigenvalue weighted by molar-refractivity contribution is -0.125. The van der Waals surface area contributed by atoms with Gasteiger partial charge < -0.3 is 10.4 Å². The molecule has 0 saturated heterocycles. The molecule has 2 N–H and O–H groups in total. The van der Waals surface area contributed by atoms with Gasteiger partial charge in [-0.3, -0.25) is 4.79 Å². The zero-order valence-electron chi connectivity index (χ0n) is 12.1. The molecule has 0 aliphatic heterocycles. The van der Waals surface area contributed by atoms with Gasteiger partial charge in [0.15, 0.2) is 0 Å². The van der Waals surface area contributed by atoms with Crippen LogP contribution in [0.15, 0.2) is 30.3 Å². The van der Waals surface area contributed by atoms with E-state index in [0.29, 0.717) is 12.2 Å². The first kappa shape index (κ1) is 15.1. The van der Waals surface area contributed by atoms with E-state index in [1.807, 2.05) is 30.3 Å². The number of benzene rings is 1. The summed E-state index contributed by atoms with van der Waals surface area (Å²) < 4.78 is 1.51. The van der Waals surface area contributed by atoms with Crippen molar-refractivity contribution in [2.75, 3.05) is 6.61 Å². The smallest absolute Gasteiger partial charge is 0.245 e. The monoisotopic (exact) mass is 289 g/mol. The molecule has 2 rings (SSSR count). The molecule has 2 atom stereocenters. The van der Waals surface area contributed by atoms with Crippen LogP contribution < -0.4 is 5.32 Å². The maximum atomic E-state index is 12.4. The molecule has 0 fully saturated rings. The Labute approximate surface area is 123 Å². The Morgan fingerprint density at radius 3 is 2.67 bits per heavy atom. The van der Waals surface area contributed by atoms with Crippen molar-refractivity contribution in [3.05, 3.63) is 41.7 Å². The molecule has 1 aromatic carbocycles. The second-order valence-corrected chi connectivity index (χ2v) is 4.97. The number of carbonyl (C=O) groups is 1. The molecular formula is C14H19N5O2. The topological polar surface area (TPSA) is 92.9 Å². The minimum Gasteiger partial charge on any atom is -0.394 e. The summed E-state index contributed by atoms with van der Waals surface area (Å²) in [4.78, 5) is 12.4. The number of nitrogens with zero attached hydrogens (tertiary/aromatic N) is 4. The molecule has 1 aromatic heterocycles. The fraction of sp³-hybridized carbons (Fsp3) is 0.429. The van der Waals surface area contributed by atoms with Crippen LogP contribution in [0.1, 0.15) is 24.4 Å². The molecular weight excluding hydrogens is 270 g/mol. The highest BCUT2D eigenvalue weighted by molar-refractivity contribution is 5.80. The summed E-state index contributed by atoms with van der Waals surface area (Å²) in [5, 5.41) is 23.2. The molecule has 0 aliphatic rings. The van der Waals surface area contributed by atoms with Crippen molar-refractivity contribution in [2.24, 2.45) is 0 Å². The molecule has 7 heteroatoms. The fourth-order valence-electron chi connectivity index (χ4n) is 2.04. The Bertz CT molecular complexity index is 584. The molecule has 112 valence electrons. The van der Waals surface area contributed by atoms with Gasteiger partial charge in [0.2, 0.25) is 5.91 Å². The number of tetrazole rings is 1. The van der Waals surface area contributed by atoms with Gasteiger partial charge >= 0.3 is 0 Å². The molecule has 1 amide bonds. The van der Waals surface area contributed by atoms with Gasteiger partial charge in [0.05, 0.1) is 6.61 Å². The van der Waals surface area contributed by atoms with Crippen molar-refractivity contribution in [1.82, 2.24) is 25.5 Å². The lowest BCUT2D eigenvalue weighted by Crippen LogP contribution is -2.41. The molecule has 21 heavy (non-hydrogen) atoms. The van der Waals surface area contributed by atoms with Crippen LogP contribution in [0.3, 0.4) is 0 Å². The second kappa shape index (κ2) is 6.94. The van der Waals surface area contributed by atoms with E-state index in [2.05, 4.69) is 20.8 Å². The quantitative estimate of drug-likeness (QED) is 0.796. The molecule has 0 saturated carbocycles. The summed E-state index contributed by atoms with van der Waals surface area (Å²) in [6.07, 6.45) is 0.483. The Morgan fingerprint density at radius 2 is 2.10 bits per heavy atom. The van der Waals surface area contributed by atoms with Crippen LogP contribution in [-0.4, -0.2) is 43.9 Å².